The van der Waals surface area contributed by atoms with Crippen LogP contribution < -0.4 is 0 Å². The first kappa shape index (κ1) is 36.3. The molecule has 0 atom stereocenters. The van der Waals surface area contributed by atoms with Gasteiger partial charge in [-0.25, -0.2) is 0 Å². The number of hydrogen-bond donors (Lipinski definition) is 0. The van der Waals surface area contributed by atoms with Crippen LogP contribution in [-0.4, -0.2) is 96.9 Å². The molecule has 0 aliphatic rings. The predicted octanol–water partition coefficient (Wildman–Crippen LogP) is 7.00. The van der Waals surface area contributed by atoms with Gasteiger partial charge in [0.15, 0.2) is 0 Å². The summed E-state index contributed by atoms with van der Waals surface area (Å²) in [7, 11) is -6.49. The van der Waals surface area contributed by atoms with Crippen LogP contribution in [-0.2, 0) is 0 Å². The second kappa shape index (κ2) is 11.9. The molecule has 0 saturated carbocycles. The Kier molecular flexibility index (Phi) is 14.9. The van der Waals surface area contributed by atoms with Crippen LogP contribution in [0, 0.1) is 0 Å². The van der Waals surface area contributed by atoms with Gasteiger partial charge < -0.3 is 0 Å². The Morgan fingerprint density at radius 3 is 0.552 bits per heavy atom. The molecule has 0 N–H and O–H groups in total. The smallest absolute Gasteiger partial charge is 0.0461 e. The largest absolute Gasteiger partial charge is 0.0739 e. The van der Waals surface area contributed by atoms with Crippen LogP contribution in [0.5, 0.6) is 0 Å². The van der Waals surface area contributed by atoms with Gasteiger partial charge in [0.05, 0.1) is 0 Å². The van der Waals surface area contributed by atoms with Crippen molar-refractivity contribution in [1.29, 1.82) is 0 Å². The molecule has 0 aromatic carbocycles. The molecule has 29 heavy (non-hydrogen) atoms. The van der Waals surface area contributed by atoms with Gasteiger partial charge in [0.25, 0.3) is 0 Å². The normalized spacial score (nSPS) is 14.7. The summed E-state index contributed by atoms with van der Waals surface area (Å²) >= 11 is 0. The van der Waals surface area contributed by atoms with Crippen molar-refractivity contribution in [3.8, 4) is 0 Å². The average molecular weight is 615 g/mol. The SMILES string of the molecule is C[PH+](C)C.C[Si](C)(C)[Si]([Si](C)(C)C)[Si](C)(C)[Si](C)(C)[Si]([Si](C)(C)C)[Si](C)(C)C.[Ge]. The van der Waals surface area contributed by atoms with E-state index in [1.54, 1.807) is 0 Å². The Bertz CT molecular complexity index is 410. The molecule has 0 saturated heterocycles. The fourth-order valence-electron chi connectivity index (χ4n) is 6.62. The van der Waals surface area contributed by atoms with E-state index in [4.69, 9.17) is 0 Å². The van der Waals surface area contributed by atoms with Crippen molar-refractivity contribution >= 4 is 84.8 Å². The molecule has 10 heteroatoms. The molecule has 0 bridgehead atoms. The van der Waals surface area contributed by atoms with E-state index < -0.39 is 44.6 Å². The van der Waals surface area contributed by atoms with Crippen LogP contribution in [0.4, 0.5) is 0 Å². The first-order chi connectivity index (χ1) is 11.7. The maximum Gasteiger partial charge on any atom is 0.0461 e. The predicted molar refractivity (Wildman–Crippen MR) is 172 cm³/mol. The van der Waals surface area contributed by atoms with Crippen molar-refractivity contribution in [3.05, 3.63) is 0 Å². The molecule has 0 spiro atoms. The molecule has 0 fully saturated rings. The van der Waals surface area contributed by atoms with Crippen LogP contribution in [0.3, 0.4) is 0 Å². The fraction of sp³-hybridized carbons (Fsp3) is 1.00. The Morgan fingerprint density at radius 2 is 0.483 bits per heavy atom. The molecular formula is C19H58GePSi8+. The van der Waals surface area contributed by atoms with Gasteiger partial charge in [-0.3, -0.25) is 0 Å². The third kappa shape index (κ3) is 11.1. The maximum absolute atomic E-state index is 2.93. The third-order valence-corrected chi connectivity index (χ3v) is 156. The number of rotatable bonds is 7. The van der Waals surface area contributed by atoms with E-state index in [0.29, 0.717) is 0 Å². The molecule has 0 amide bonds. The molecule has 0 aromatic heterocycles. The van der Waals surface area contributed by atoms with Crippen LogP contribution in [0.2, 0.25) is 105 Å². The summed E-state index contributed by atoms with van der Waals surface area (Å²) in [6.45, 7) is 51.4. The van der Waals surface area contributed by atoms with Crippen LogP contribution in [0.15, 0.2) is 0 Å². The summed E-state index contributed by atoms with van der Waals surface area (Å²) in [6.07, 6.45) is 0. The maximum atomic E-state index is 2.93. The van der Waals surface area contributed by atoms with E-state index >= 15 is 0 Å². The molecule has 0 nitrogen and oxygen atoms in total. The van der Waals surface area contributed by atoms with Gasteiger partial charge in [0.1, 0.15) is 0 Å². The second-order valence-electron chi connectivity index (χ2n) is 14.5. The van der Waals surface area contributed by atoms with Crippen molar-refractivity contribution in [1.82, 2.24) is 0 Å². The quantitative estimate of drug-likeness (QED) is 0.214. The number of hydrogen-bond acceptors (Lipinski definition) is 0. The van der Waals surface area contributed by atoms with Crippen molar-refractivity contribution < 1.29 is 0 Å². The van der Waals surface area contributed by atoms with E-state index in [9.17, 15) is 0 Å². The zero-order valence-corrected chi connectivity index (χ0v) is 35.1. The molecule has 0 unspecified atom stereocenters. The molecular weight excluding hydrogens is 556 g/mol. The Morgan fingerprint density at radius 1 is 0.379 bits per heavy atom. The summed E-state index contributed by atoms with van der Waals surface area (Å²) in [5, 5.41) is 0. The minimum absolute atomic E-state index is 0. The van der Waals surface area contributed by atoms with Gasteiger partial charge in [-0.2, -0.15) is 0 Å². The van der Waals surface area contributed by atoms with Gasteiger partial charge in [-0.05, 0) is 7.92 Å². The Hall–Kier alpha value is 2.71. The summed E-state index contributed by atoms with van der Waals surface area (Å²) in [6, 6.07) is 0. The van der Waals surface area contributed by atoms with Gasteiger partial charge in [0, 0.05) is 96.9 Å². The van der Waals surface area contributed by atoms with Gasteiger partial charge in [0.2, 0.25) is 0 Å². The first-order valence-corrected chi connectivity index (χ1v) is 44.2. The summed E-state index contributed by atoms with van der Waals surface area (Å²) < 4.78 is 0. The topological polar surface area (TPSA) is 0 Å². The van der Waals surface area contributed by atoms with Crippen molar-refractivity contribution in [2.75, 3.05) is 20.0 Å². The van der Waals surface area contributed by atoms with Gasteiger partial charge in [-0.15, -0.1) is 0 Å². The molecule has 6 radical (unpaired) electrons. The van der Waals surface area contributed by atoms with E-state index in [1.165, 1.54) is 0 Å². The van der Waals surface area contributed by atoms with Crippen LogP contribution in [0.25, 0.3) is 0 Å². The van der Waals surface area contributed by atoms with Crippen molar-refractivity contribution in [2.45, 2.75) is 105 Å². The zero-order chi connectivity index (χ0) is 23.7. The molecule has 174 valence electrons. The minimum Gasteiger partial charge on any atom is -0.0739 e. The van der Waals surface area contributed by atoms with E-state index in [1.807, 2.05) is 0 Å². The third-order valence-electron chi connectivity index (χ3n) is 5.81. The van der Waals surface area contributed by atoms with Gasteiger partial charge >= 0.3 is 0 Å². The molecule has 0 aliphatic carbocycles. The standard InChI is InChI=1S/C16H48Si8.C3H9P.Ge/c1-19(2,3)17(20(4,5)6)23(13,14)24(15,16)18(21(7,8)9)22(10,11)12;1-4(2)3;/h1-16H3;1-3H3;/p+1. The summed E-state index contributed by atoms with van der Waals surface area (Å²) in [4.78, 5) is 0. The van der Waals surface area contributed by atoms with Crippen molar-refractivity contribution in [3.63, 3.8) is 0 Å². The summed E-state index contributed by atoms with van der Waals surface area (Å²) in [5.74, 6) is 0. The van der Waals surface area contributed by atoms with E-state index in [2.05, 4.69) is 125 Å². The fourth-order valence-corrected chi connectivity index (χ4v) is 273. The van der Waals surface area contributed by atoms with Crippen molar-refractivity contribution in [2.24, 2.45) is 0 Å². The summed E-state index contributed by atoms with van der Waals surface area (Å²) in [5.41, 5.74) is 0. The van der Waals surface area contributed by atoms with Gasteiger partial charge in [-0.1, -0.05) is 105 Å². The van der Waals surface area contributed by atoms with Crippen LogP contribution >= 0.6 is 7.92 Å². The van der Waals surface area contributed by atoms with Crippen LogP contribution in [0.1, 0.15) is 0 Å². The first-order valence-electron chi connectivity index (χ1n) is 11.2. The molecule has 0 aliphatic heterocycles. The average Bonchev–Trinajstić information content (AvgIpc) is 2.15. The zero-order valence-electron chi connectivity index (χ0n) is 24.0. The Balaban J connectivity index is -0.00000123. The van der Waals surface area contributed by atoms with E-state index in [0.717, 1.165) is 0 Å². The molecule has 0 aromatic rings. The van der Waals surface area contributed by atoms with E-state index in [-0.39, 0.29) is 40.2 Å². The molecule has 0 rings (SSSR count). The molecule has 0 heterocycles. The monoisotopic (exact) mass is 615 g/mol. The minimum atomic E-state index is -1.13. The second-order valence-corrected chi connectivity index (χ2v) is 97.5. The Labute approximate surface area is 208 Å².